The van der Waals surface area contributed by atoms with Gasteiger partial charge in [-0.2, -0.15) is 0 Å². The molecule has 0 aliphatic carbocycles. The number of aromatic hydroxyl groups is 1. The Balaban J connectivity index is 2.60. The first-order valence-corrected chi connectivity index (χ1v) is 6.01. The van der Waals surface area contributed by atoms with Gasteiger partial charge in [0, 0.05) is 5.56 Å². The van der Waals surface area contributed by atoms with Crippen LogP contribution >= 0.6 is 0 Å². The largest absolute Gasteiger partial charge is 0.507 e. The predicted molar refractivity (Wildman–Crippen MR) is 72.4 cm³/mol. The summed E-state index contributed by atoms with van der Waals surface area (Å²) in [7, 11) is 0. The number of phenolic OH excluding ortho intramolecular Hbond substituents is 1. The van der Waals surface area contributed by atoms with Crippen LogP contribution < -0.4 is 0 Å². The van der Waals surface area contributed by atoms with E-state index in [9.17, 15) is 5.11 Å². The number of rotatable bonds is 2. The van der Waals surface area contributed by atoms with Crippen LogP contribution in [0.3, 0.4) is 0 Å². The molecule has 1 nitrogen and oxygen atoms in total. The lowest BCUT2D eigenvalue weighted by atomic mass is 9.97. The van der Waals surface area contributed by atoms with Gasteiger partial charge in [0.05, 0.1) is 0 Å². The Hall–Kier alpha value is -1.76. The third kappa shape index (κ3) is 2.33. The quantitative estimate of drug-likeness (QED) is 0.812. The summed E-state index contributed by atoms with van der Waals surface area (Å²) >= 11 is 0. The third-order valence-corrected chi connectivity index (χ3v) is 3.03. The third-order valence-electron chi connectivity index (χ3n) is 3.03. The fraction of sp³-hybridized carbons (Fsp3) is 0.250. The summed E-state index contributed by atoms with van der Waals surface area (Å²) in [5.74, 6) is 0.417. The molecule has 88 valence electrons. The molecular weight excluding hydrogens is 208 g/mol. The van der Waals surface area contributed by atoms with Crippen molar-refractivity contribution in [2.75, 3.05) is 0 Å². The Labute approximate surface area is 103 Å². The number of hydrogen-bond donors (Lipinski definition) is 1. The van der Waals surface area contributed by atoms with Gasteiger partial charge in [0.15, 0.2) is 0 Å². The molecule has 1 N–H and O–H groups in total. The highest BCUT2D eigenvalue weighted by Crippen LogP contribution is 2.33. The van der Waals surface area contributed by atoms with Gasteiger partial charge in [0.1, 0.15) is 5.75 Å². The molecular formula is C16H18O. The molecule has 0 unspecified atom stereocenters. The molecule has 0 aliphatic heterocycles. The number of benzene rings is 2. The van der Waals surface area contributed by atoms with Gasteiger partial charge >= 0.3 is 0 Å². The van der Waals surface area contributed by atoms with Gasteiger partial charge < -0.3 is 5.11 Å². The van der Waals surface area contributed by atoms with Crippen LogP contribution in [0.1, 0.15) is 23.6 Å². The normalized spacial score (nSPS) is 10.5. The highest BCUT2D eigenvalue weighted by Gasteiger charge is 2.08. The molecule has 0 radical (unpaired) electrons. The zero-order valence-electron chi connectivity index (χ0n) is 10.6. The lowest BCUT2D eigenvalue weighted by Gasteiger charge is -2.10. The minimum Gasteiger partial charge on any atom is -0.507 e. The molecule has 0 heterocycles. The summed E-state index contributed by atoms with van der Waals surface area (Å²) < 4.78 is 0. The van der Waals surface area contributed by atoms with Gasteiger partial charge in [-0.1, -0.05) is 54.4 Å². The average Bonchev–Trinajstić information content (AvgIpc) is 2.28. The lowest BCUT2D eigenvalue weighted by molar-refractivity contribution is 0.471. The van der Waals surface area contributed by atoms with E-state index in [1.807, 2.05) is 18.2 Å². The fourth-order valence-electron chi connectivity index (χ4n) is 2.24. The van der Waals surface area contributed by atoms with Gasteiger partial charge in [-0.3, -0.25) is 0 Å². The maximum atomic E-state index is 10.2. The highest BCUT2D eigenvalue weighted by atomic mass is 16.3. The van der Waals surface area contributed by atoms with Crippen molar-refractivity contribution in [3.8, 4) is 16.9 Å². The first-order valence-electron chi connectivity index (χ1n) is 6.01. The molecule has 0 fully saturated rings. The van der Waals surface area contributed by atoms with Crippen molar-refractivity contribution in [3.05, 3.63) is 53.1 Å². The van der Waals surface area contributed by atoms with E-state index >= 15 is 0 Å². The summed E-state index contributed by atoms with van der Waals surface area (Å²) in [5.41, 5.74) is 5.47. The van der Waals surface area contributed by atoms with E-state index in [1.165, 1.54) is 11.1 Å². The van der Waals surface area contributed by atoms with E-state index in [2.05, 4.69) is 39.0 Å². The molecule has 0 saturated carbocycles. The minimum atomic E-state index is 0.417. The summed E-state index contributed by atoms with van der Waals surface area (Å²) in [5, 5.41) is 10.2. The van der Waals surface area contributed by atoms with Crippen molar-refractivity contribution in [2.45, 2.75) is 27.2 Å². The minimum absolute atomic E-state index is 0.417. The van der Waals surface area contributed by atoms with Gasteiger partial charge in [-0.05, 0) is 31.4 Å². The van der Waals surface area contributed by atoms with Crippen molar-refractivity contribution in [1.82, 2.24) is 0 Å². The lowest BCUT2D eigenvalue weighted by Crippen LogP contribution is -1.87. The molecule has 2 aromatic carbocycles. The van der Waals surface area contributed by atoms with Crippen molar-refractivity contribution in [3.63, 3.8) is 0 Å². The summed E-state index contributed by atoms with van der Waals surface area (Å²) in [6, 6.07) is 12.3. The predicted octanol–water partition coefficient (Wildman–Crippen LogP) is 4.24. The van der Waals surface area contributed by atoms with E-state index in [4.69, 9.17) is 0 Å². The Morgan fingerprint density at radius 3 is 2.24 bits per heavy atom. The molecule has 0 bridgehead atoms. The van der Waals surface area contributed by atoms with Crippen LogP contribution in [0.15, 0.2) is 36.4 Å². The molecule has 0 amide bonds. The number of phenols is 1. The van der Waals surface area contributed by atoms with Crippen molar-refractivity contribution in [1.29, 1.82) is 0 Å². The second-order valence-electron chi connectivity index (χ2n) is 4.54. The Kier molecular flexibility index (Phi) is 3.19. The molecule has 2 aromatic rings. The summed E-state index contributed by atoms with van der Waals surface area (Å²) in [6.07, 6.45) is 0.852. The molecule has 0 spiro atoms. The Morgan fingerprint density at radius 1 is 1.00 bits per heavy atom. The zero-order valence-corrected chi connectivity index (χ0v) is 10.6. The first kappa shape index (κ1) is 11.7. The molecule has 1 heteroatoms. The van der Waals surface area contributed by atoms with Gasteiger partial charge in [0.2, 0.25) is 0 Å². The van der Waals surface area contributed by atoms with Gasteiger partial charge in [-0.15, -0.1) is 0 Å². The Bertz CT molecular complexity index is 521. The maximum absolute atomic E-state index is 10.2. The average molecular weight is 226 g/mol. The van der Waals surface area contributed by atoms with Crippen LogP contribution in [0.5, 0.6) is 5.75 Å². The van der Waals surface area contributed by atoms with Crippen LogP contribution in [0.25, 0.3) is 11.1 Å². The monoisotopic (exact) mass is 226 g/mol. The highest BCUT2D eigenvalue weighted by molar-refractivity contribution is 5.72. The first-order chi connectivity index (χ1) is 8.11. The van der Waals surface area contributed by atoms with Crippen LogP contribution in [0.2, 0.25) is 0 Å². The van der Waals surface area contributed by atoms with Crippen LogP contribution in [0, 0.1) is 13.8 Å². The van der Waals surface area contributed by atoms with E-state index in [-0.39, 0.29) is 0 Å². The molecule has 17 heavy (non-hydrogen) atoms. The van der Waals surface area contributed by atoms with Gasteiger partial charge in [-0.25, -0.2) is 0 Å². The van der Waals surface area contributed by atoms with Crippen LogP contribution in [0.4, 0.5) is 0 Å². The maximum Gasteiger partial charge on any atom is 0.126 e. The molecule has 0 saturated heterocycles. The zero-order chi connectivity index (χ0) is 12.4. The SMILES string of the molecule is CCc1cccc(-c2cc(C)cc(C)c2)c1O. The second kappa shape index (κ2) is 4.62. The van der Waals surface area contributed by atoms with Crippen LogP contribution in [-0.2, 0) is 6.42 Å². The summed E-state index contributed by atoms with van der Waals surface area (Å²) in [6.45, 7) is 6.22. The topological polar surface area (TPSA) is 20.2 Å². The number of para-hydroxylation sites is 1. The smallest absolute Gasteiger partial charge is 0.126 e. The standard InChI is InChI=1S/C16H18O/c1-4-13-6-5-7-15(16(13)17)14-9-11(2)8-12(3)10-14/h5-10,17H,4H2,1-3H3. The van der Waals surface area contributed by atoms with E-state index in [0.29, 0.717) is 5.75 Å². The Morgan fingerprint density at radius 2 is 1.65 bits per heavy atom. The van der Waals surface area contributed by atoms with Crippen molar-refractivity contribution in [2.24, 2.45) is 0 Å². The molecule has 0 atom stereocenters. The van der Waals surface area contributed by atoms with Gasteiger partial charge in [0.25, 0.3) is 0 Å². The number of hydrogen-bond acceptors (Lipinski definition) is 1. The second-order valence-corrected chi connectivity index (χ2v) is 4.54. The molecule has 0 aliphatic rings. The van der Waals surface area contributed by atoms with E-state index < -0.39 is 0 Å². The van der Waals surface area contributed by atoms with Crippen molar-refractivity contribution < 1.29 is 5.11 Å². The fourth-order valence-corrected chi connectivity index (χ4v) is 2.24. The van der Waals surface area contributed by atoms with E-state index in [0.717, 1.165) is 23.1 Å². The summed E-state index contributed by atoms with van der Waals surface area (Å²) in [4.78, 5) is 0. The molecule has 2 rings (SSSR count). The number of aryl methyl sites for hydroxylation is 3. The van der Waals surface area contributed by atoms with Crippen molar-refractivity contribution >= 4 is 0 Å². The van der Waals surface area contributed by atoms with E-state index in [1.54, 1.807) is 0 Å². The van der Waals surface area contributed by atoms with Crippen LogP contribution in [-0.4, -0.2) is 5.11 Å². The molecule has 0 aromatic heterocycles.